The van der Waals surface area contributed by atoms with Gasteiger partial charge in [0.1, 0.15) is 0 Å². The third-order valence-electron chi connectivity index (χ3n) is 2.97. The van der Waals surface area contributed by atoms with E-state index >= 15 is 0 Å². The SMILES string of the molecule is Cc1cccc(C)c1[C@H](N)CCC(C)C.Cl. The molecule has 0 aromatic heterocycles. The molecular weight excluding hydrogens is 218 g/mol. The third-order valence-corrected chi connectivity index (χ3v) is 2.97. The Hall–Kier alpha value is -0.530. The molecule has 16 heavy (non-hydrogen) atoms. The molecular formula is C14H24ClN. The van der Waals surface area contributed by atoms with Crippen molar-refractivity contribution < 1.29 is 0 Å². The standard InChI is InChI=1S/C14H23N.ClH/c1-10(2)8-9-13(15)14-11(3)6-5-7-12(14)4;/h5-7,10,13H,8-9,15H2,1-4H3;1H/t13-;/m1./s1. The summed E-state index contributed by atoms with van der Waals surface area (Å²) >= 11 is 0. The second-order valence-corrected chi connectivity index (χ2v) is 4.88. The maximum atomic E-state index is 6.24. The largest absolute Gasteiger partial charge is 0.324 e. The second kappa shape index (κ2) is 6.93. The van der Waals surface area contributed by atoms with E-state index in [-0.39, 0.29) is 18.4 Å². The Morgan fingerprint density at radius 1 is 1.06 bits per heavy atom. The first-order valence-electron chi connectivity index (χ1n) is 5.84. The topological polar surface area (TPSA) is 26.0 Å². The van der Waals surface area contributed by atoms with Crippen LogP contribution in [0.4, 0.5) is 0 Å². The van der Waals surface area contributed by atoms with Gasteiger partial charge in [0.15, 0.2) is 0 Å². The van der Waals surface area contributed by atoms with Crippen LogP contribution in [0, 0.1) is 19.8 Å². The molecule has 0 radical (unpaired) electrons. The summed E-state index contributed by atoms with van der Waals surface area (Å²) in [5, 5.41) is 0. The average molecular weight is 242 g/mol. The van der Waals surface area contributed by atoms with Crippen molar-refractivity contribution >= 4 is 12.4 Å². The molecule has 0 saturated carbocycles. The van der Waals surface area contributed by atoms with Gasteiger partial charge in [-0.2, -0.15) is 0 Å². The highest BCUT2D eigenvalue weighted by Gasteiger charge is 2.11. The molecule has 92 valence electrons. The van der Waals surface area contributed by atoms with Crippen LogP contribution in [0.5, 0.6) is 0 Å². The van der Waals surface area contributed by atoms with Crippen LogP contribution in [0.25, 0.3) is 0 Å². The fourth-order valence-electron chi connectivity index (χ4n) is 2.07. The first kappa shape index (κ1) is 15.5. The molecule has 0 aliphatic rings. The zero-order chi connectivity index (χ0) is 11.4. The molecule has 2 N–H and O–H groups in total. The summed E-state index contributed by atoms with van der Waals surface area (Å²) in [4.78, 5) is 0. The molecule has 1 nitrogen and oxygen atoms in total. The van der Waals surface area contributed by atoms with Crippen LogP contribution < -0.4 is 5.73 Å². The predicted octanol–water partition coefficient (Wildman–Crippen LogP) is 4.16. The molecule has 1 aromatic carbocycles. The van der Waals surface area contributed by atoms with Gasteiger partial charge in [0, 0.05) is 6.04 Å². The van der Waals surface area contributed by atoms with Gasteiger partial charge in [0.05, 0.1) is 0 Å². The van der Waals surface area contributed by atoms with Gasteiger partial charge < -0.3 is 5.73 Å². The molecule has 0 amide bonds. The highest BCUT2D eigenvalue weighted by Crippen LogP contribution is 2.24. The monoisotopic (exact) mass is 241 g/mol. The molecule has 1 atom stereocenters. The van der Waals surface area contributed by atoms with Gasteiger partial charge in [-0.1, -0.05) is 32.0 Å². The zero-order valence-corrected chi connectivity index (χ0v) is 11.6. The quantitative estimate of drug-likeness (QED) is 0.842. The summed E-state index contributed by atoms with van der Waals surface area (Å²) < 4.78 is 0. The summed E-state index contributed by atoms with van der Waals surface area (Å²) in [5.74, 6) is 0.736. The summed E-state index contributed by atoms with van der Waals surface area (Å²) in [7, 11) is 0. The van der Waals surface area contributed by atoms with Gasteiger partial charge >= 0.3 is 0 Å². The van der Waals surface area contributed by atoms with Crippen molar-refractivity contribution in [2.24, 2.45) is 11.7 Å². The lowest BCUT2D eigenvalue weighted by Crippen LogP contribution is -2.14. The van der Waals surface area contributed by atoms with Crippen LogP contribution in [0.2, 0.25) is 0 Å². The average Bonchev–Trinajstić information content (AvgIpc) is 2.14. The predicted molar refractivity (Wildman–Crippen MR) is 74.2 cm³/mol. The number of halogens is 1. The van der Waals surface area contributed by atoms with Crippen molar-refractivity contribution in [2.75, 3.05) is 0 Å². The number of benzene rings is 1. The molecule has 0 aliphatic heterocycles. The molecule has 0 fully saturated rings. The highest BCUT2D eigenvalue weighted by atomic mass is 35.5. The smallest absolute Gasteiger partial charge is 0.0300 e. The van der Waals surface area contributed by atoms with Crippen LogP contribution in [-0.4, -0.2) is 0 Å². The molecule has 2 heteroatoms. The maximum absolute atomic E-state index is 6.24. The molecule has 1 rings (SSSR count). The van der Waals surface area contributed by atoms with E-state index in [0.29, 0.717) is 0 Å². The van der Waals surface area contributed by atoms with Gasteiger partial charge in [0.25, 0.3) is 0 Å². The van der Waals surface area contributed by atoms with Crippen LogP contribution in [0.3, 0.4) is 0 Å². The molecule has 0 spiro atoms. The Bertz CT molecular complexity index is 300. The number of hydrogen-bond acceptors (Lipinski definition) is 1. The van der Waals surface area contributed by atoms with E-state index in [4.69, 9.17) is 5.73 Å². The minimum Gasteiger partial charge on any atom is -0.324 e. The Kier molecular flexibility index (Phi) is 6.70. The number of hydrogen-bond donors (Lipinski definition) is 1. The first-order chi connectivity index (χ1) is 7.02. The van der Waals surface area contributed by atoms with Gasteiger partial charge in [-0.15, -0.1) is 12.4 Å². The number of rotatable bonds is 4. The lowest BCUT2D eigenvalue weighted by Gasteiger charge is -2.18. The van der Waals surface area contributed by atoms with E-state index in [1.54, 1.807) is 0 Å². The Morgan fingerprint density at radius 3 is 2.00 bits per heavy atom. The van der Waals surface area contributed by atoms with E-state index in [9.17, 15) is 0 Å². The van der Waals surface area contributed by atoms with E-state index in [1.165, 1.54) is 23.1 Å². The van der Waals surface area contributed by atoms with E-state index < -0.39 is 0 Å². The minimum atomic E-state index is 0. The Labute approximate surface area is 106 Å². The lowest BCUT2D eigenvalue weighted by molar-refractivity contribution is 0.505. The highest BCUT2D eigenvalue weighted by molar-refractivity contribution is 5.85. The van der Waals surface area contributed by atoms with Crippen molar-refractivity contribution in [1.82, 2.24) is 0 Å². The Balaban J connectivity index is 0.00000225. The van der Waals surface area contributed by atoms with Gasteiger partial charge in [-0.25, -0.2) is 0 Å². The van der Waals surface area contributed by atoms with Gasteiger partial charge in [-0.05, 0) is 49.3 Å². The van der Waals surface area contributed by atoms with Crippen LogP contribution in [0.1, 0.15) is 49.4 Å². The summed E-state index contributed by atoms with van der Waals surface area (Å²) in [6.07, 6.45) is 2.29. The fourth-order valence-corrected chi connectivity index (χ4v) is 2.07. The van der Waals surface area contributed by atoms with Crippen molar-refractivity contribution in [2.45, 2.75) is 46.6 Å². The summed E-state index contributed by atoms with van der Waals surface area (Å²) in [5.41, 5.74) is 10.2. The molecule has 0 saturated heterocycles. The Morgan fingerprint density at radius 2 is 1.56 bits per heavy atom. The van der Waals surface area contributed by atoms with E-state index in [0.717, 1.165) is 12.3 Å². The van der Waals surface area contributed by atoms with E-state index in [1.807, 2.05) is 0 Å². The molecule has 0 unspecified atom stereocenters. The number of aryl methyl sites for hydroxylation is 2. The second-order valence-electron chi connectivity index (χ2n) is 4.88. The minimum absolute atomic E-state index is 0. The first-order valence-corrected chi connectivity index (χ1v) is 5.84. The number of nitrogens with two attached hydrogens (primary N) is 1. The molecule has 1 aromatic rings. The van der Waals surface area contributed by atoms with Gasteiger partial charge in [0.2, 0.25) is 0 Å². The molecule has 0 bridgehead atoms. The molecule has 0 heterocycles. The van der Waals surface area contributed by atoms with Crippen LogP contribution >= 0.6 is 12.4 Å². The van der Waals surface area contributed by atoms with Crippen LogP contribution in [0.15, 0.2) is 18.2 Å². The fraction of sp³-hybridized carbons (Fsp3) is 0.571. The zero-order valence-electron chi connectivity index (χ0n) is 10.8. The molecule has 0 aliphatic carbocycles. The van der Waals surface area contributed by atoms with Crippen LogP contribution in [-0.2, 0) is 0 Å². The summed E-state index contributed by atoms with van der Waals surface area (Å²) in [6.45, 7) is 8.80. The lowest BCUT2D eigenvalue weighted by atomic mass is 9.92. The van der Waals surface area contributed by atoms with Crippen molar-refractivity contribution in [3.63, 3.8) is 0 Å². The third kappa shape index (κ3) is 4.15. The normalized spacial score (nSPS) is 12.4. The summed E-state index contributed by atoms with van der Waals surface area (Å²) in [6, 6.07) is 6.60. The van der Waals surface area contributed by atoms with Crippen molar-refractivity contribution in [1.29, 1.82) is 0 Å². The van der Waals surface area contributed by atoms with Crippen molar-refractivity contribution in [3.8, 4) is 0 Å². The van der Waals surface area contributed by atoms with Gasteiger partial charge in [-0.3, -0.25) is 0 Å². The van der Waals surface area contributed by atoms with Crippen molar-refractivity contribution in [3.05, 3.63) is 34.9 Å². The van der Waals surface area contributed by atoms with E-state index in [2.05, 4.69) is 45.9 Å². The maximum Gasteiger partial charge on any atom is 0.0300 e.